The van der Waals surface area contributed by atoms with Crippen LogP contribution >= 0.6 is 0 Å². The molecule has 186 valence electrons. The van der Waals surface area contributed by atoms with E-state index in [1.54, 1.807) is 29.2 Å². The van der Waals surface area contributed by atoms with Gasteiger partial charge >= 0.3 is 0 Å². The Bertz CT molecular complexity index is 1170. The van der Waals surface area contributed by atoms with Gasteiger partial charge in [0, 0.05) is 45.0 Å². The molecule has 36 heavy (non-hydrogen) atoms. The number of fused-ring (bicyclic) bond motifs is 1. The number of nitrogens with one attached hydrogen (secondary N) is 1. The van der Waals surface area contributed by atoms with Crippen molar-refractivity contribution in [1.29, 1.82) is 0 Å². The van der Waals surface area contributed by atoms with E-state index in [1.807, 2.05) is 30.3 Å². The summed E-state index contributed by atoms with van der Waals surface area (Å²) in [5.41, 5.74) is 1.61. The van der Waals surface area contributed by atoms with E-state index in [1.165, 1.54) is 4.90 Å². The van der Waals surface area contributed by atoms with Crippen molar-refractivity contribution in [3.63, 3.8) is 0 Å². The van der Waals surface area contributed by atoms with Crippen LogP contribution in [0, 0.1) is 0 Å². The number of piperazine rings is 2. The van der Waals surface area contributed by atoms with Crippen molar-refractivity contribution >= 4 is 35.2 Å². The molecule has 5 rings (SSSR count). The lowest BCUT2D eigenvalue weighted by Crippen LogP contribution is -2.60. The Hall–Kier alpha value is -4.21. The van der Waals surface area contributed by atoms with Crippen molar-refractivity contribution in [3.8, 4) is 0 Å². The number of nitrogens with zero attached hydrogens (tertiary/aromatic N) is 4. The Balaban J connectivity index is 1.22. The van der Waals surface area contributed by atoms with E-state index in [4.69, 9.17) is 0 Å². The normalized spacial score (nSPS) is 19.9. The molecule has 10 nitrogen and oxygen atoms in total. The van der Waals surface area contributed by atoms with Crippen LogP contribution < -0.4 is 10.2 Å². The number of carbonyl (C=O) groups is 5. The second kappa shape index (κ2) is 9.80. The van der Waals surface area contributed by atoms with Crippen LogP contribution in [0.25, 0.3) is 0 Å². The number of hydrogen-bond donors (Lipinski definition) is 1. The standard InChI is InChI=1S/C26H27N5O5/c32-22(29-14-12-28(13-15-29)18-6-2-1-3-7-18)16-21-24(34)27-10-11-30(21)23(33)17-31-25(35)19-8-4-5-9-20(19)26(31)36/h1-9,21H,10-17H2,(H,27,34). The van der Waals surface area contributed by atoms with Crippen LogP contribution in [-0.4, -0.2) is 96.1 Å². The van der Waals surface area contributed by atoms with Gasteiger partial charge in [0.1, 0.15) is 12.6 Å². The van der Waals surface area contributed by atoms with E-state index in [9.17, 15) is 24.0 Å². The number of amides is 5. The molecule has 3 aliphatic heterocycles. The summed E-state index contributed by atoms with van der Waals surface area (Å²) in [5.74, 6) is -2.22. The van der Waals surface area contributed by atoms with Gasteiger partial charge in [-0.3, -0.25) is 28.9 Å². The highest BCUT2D eigenvalue weighted by Gasteiger charge is 2.41. The van der Waals surface area contributed by atoms with Gasteiger partial charge in [-0.05, 0) is 24.3 Å². The zero-order valence-corrected chi connectivity index (χ0v) is 19.8. The smallest absolute Gasteiger partial charge is 0.262 e. The predicted molar refractivity (Wildman–Crippen MR) is 130 cm³/mol. The number of imide groups is 1. The van der Waals surface area contributed by atoms with E-state index < -0.39 is 36.2 Å². The van der Waals surface area contributed by atoms with Crippen LogP contribution in [0.2, 0.25) is 0 Å². The van der Waals surface area contributed by atoms with Gasteiger partial charge in [0.2, 0.25) is 17.7 Å². The largest absolute Gasteiger partial charge is 0.368 e. The zero-order chi connectivity index (χ0) is 25.2. The molecule has 1 atom stereocenters. The number of rotatable bonds is 5. The number of hydrogen-bond acceptors (Lipinski definition) is 6. The molecule has 0 aliphatic carbocycles. The summed E-state index contributed by atoms with van der Waals surface area (Å²) in [6.07, 6.45) is -0.148. The molecule has 5 amide bonds. The maximum atomic E-state index is 13.2. The maximum Gasteiger partial charge on any atom is 0.262 e. The van der Waals surface area contributed by atoms with Crippen LogP contribution in [-0.2, 0) is 14.4 Å². The first-order valence-electron chi connectivity index (χ1n) is 12.0. The van der Waals surface area contributed by atoms with Gasteiger partial charge in [-0.1, -0.05) is 30.3 Å². The van der Waals surface area contributed by atoms with Crippen LogP contribution in [0.1, 0.15) is 27.1 Å². The van der Waals surface area contributed by atoms with Crippen molar-refractivity contribution in [2.24, 2.45) is 0 Å². The minimum atomic E-state index is -0.985. The van der Waals surface area contributed by atoms with Gasteiger partial charge in [-0.2, -0.15) is 0 Å². The van der Waals surface area contributed by atoms with Crippen LogP contribution in [0.3, 0.4) is 0 Å². The molecule has 10 heteroatoms. The first kappa shape index (κ1) is 23.5. The highest BCUT2D eigenvalue weighted by molar-refractivity contribution is 6.22. The zero-order valence-electron chi connectivity index (χ0n) is 19.8. The summed E-state index contributed by atoms with van der Waals surface area (Å²) >= 11 is 0. The lowest BCUT2D eigenvalue weighted by atomic mass is 10.1. The van der Waals surface area contributed by atoms with Crippen molar-refractivity contribution in [2.45, 2.75) is 12.5 Å². The Kier molecular flexibility index (Phi) is 6.41. The molecular weight excluding hydrogens is 462 g/mol. The van der Waals surface area contributed by atoms with E-state index in [0.717, 1.165) is 10.6 Å². The molecule has 2 fully saturated rings. The van der Waals surface area contributed by atoms with Gasteiger partial charge in [0.15, 0.2) is 0 Å². The number of para-hydroxylation sites is 1. The summed E-state index contributed by atoms with van der Waals surface area (Å²) in [7, 11) is 0. The van der Waals surface area contributed by atoms with E-state index in [-0.39, 0.29) is 36.5 Å². The predicted octanol–water partition coefficient (Wildman–Crippen LogP) is 0.349. The first-order chi connectivity index (χ1) is 17.4. The molecule has 2 aromatic carbocycles. The minimum Gasteiger partial charge on any atom is -0.368 e. The molecular formula is C26H27N5O5. The Morgan fingerprint density at radius 2 is 1.39 bits per heavy atom. The van der Waals surface area contributed by atoms with Crippen molar-refractivity contribution < 1.29 is 24.0 Å². The van der Waals surface area contributed by atoms with Crippen molar-refractivity contribution in [3.05, 3.63) is 65.7 Å². The average Bonchev–Trinajstić information content (AvgIpc) is 3.15. The molecule has 0 bridgehead atoms. The number of anilines is 1. The first-order valence-corrected chi connectivity index (χ1v) is 12.0. The van der Waals surface area contributed by atoms with Crippen LogP contribution in [0.4, 0.5) is 5.69 Å². The van der Waals surface area contributed by atoms with Crippen molar-refractivity contribution in [2.75, 3.05) is 50.7 Å². The molecule has 0 aromatic heterocycles. The van der Waals surface area contributed by atoms with Crippen LogP contribution in [0.15, 0.2) is 54.6 Å². The SMILES string of the molecule is O=C1NCCN(C(=O)CN2C(=O)c3ccccc3C2=O)C1CC(=O)N1CCN(c2ccccc2)CC1. The lowest BCUT2D eigenvalue weighted by molar-refractivity contribution is -0.147. The highest BCUT2D eigenvalue weighted by atomic mass is 16.2. The fourth-order valence-electron chi connectivity index (χ4n) is 4.97. The summed E-state index contributed by atoms with van der Waals surface area (Å²) in [4.78, 5) is 70.4. The van der Waals surface area contributed by atoms with Gasteiger partial charge < -0.3 is 20.0 Å². The lowest BCUT2D eigenvalue weighted by Gasteiger charge is -2.39. The van der Waals surface area contributed by atoms with Crippen molar-refractivity contribution in [1.82, 2.24) is 20.0 Å². The molecule has 0 radical (unpaired) electrons. The minimum absolute atomic E-state index is 0.148. The summed E-state index contributed by atoms with van der Waals surface area (Å²) < 4.78 is 0. The number of benzene rings is 2. The molecule has 3 aliphatic rings. The molecule has 0 spiro atoms. The fraction of sp³-hybridized carbons (Fsp3) is 0.346. The summed E-state index contributed by atoms with van der Waals surface area (Å²) in [5, 5.41) is 2.72. The Morgan fingerprint density at radius 1 is 0.778 bits per heavy atom. The molecule has 0 saturated carbocycles. The fourth-order valence-corrected chi connectivity index (χ4v) is 4.97. The van der Waals surface area contributed by atoms with Crippen LogP contribution in [0.5, 0.6) is 0 Å². The molecule has 3 heterocycles. The molecule has 1 N–H and O–H groups in total. The Labute approximate surface area is 208 Å². The molecule has 2 saturated heterocycles. The van der Waals surface area contributed by atoms with Gasteiger partial charge in [0.25, 0.3) is 11.8 Å². The van der Waals surface area contributed by atoms with Gasteiger partial charge in [0.05, 0.1) is 17.5 Å². The van der Waals surface area contributed by atoms with E-state index in [0.29, 0.717) is 26.2 Å². The maximum absolute atomic E-state index is 13.2. The second-order valence-corrected chi connectivity index (χ2v) is 9.04. The average molecular weight is 490 g/mol. The monoisotopic (exact) mass is 489 g/mol. The van der Waals surface area contributed by atoms with Gasteiger partial charge in [-0.15, -0.1) is 0 Å². The van der Waals surface area contributed by atoms with E-state index >= 15 is 0 Å². The summed E-state index contributed by atoms with van der Waals surface area (Å²) in [6, 6.07) is 15.4. The third-order valence-corrected chi connectivity index (χ3v) is 6.94. The molecule has 2 aromatic rings. The third kappa shape index (κ3) is 4.41. The van der Waals surface area contributed by atoms with Gasteiger partial charge in [-0.25, -0.2) is 0 Å². The topological polar surface area (TPSA) is 110 Å². The third-order valence-electron chi connectivity index (χ3n) is 6.94. The highest BCUT2D eigenvalue weighted by Crippen LogP contribution is 2.23. The van der Waals surface area contributed by atoms with E-state index in [2.05, 4.69) is 10.2 Å². The molecule has 1 unspecified atom stereocenters. The number of carbonyl (C=O) groups excluding carboxylic acids is 5. The summed E-state index contributed by atoms with van der Waals surface area (Å²) in [6.45, 7) is 2.36. The Morgan fingerprint density at radius 3 is 2.03 bits per heavy atom. The quantitative estimate of drug-likeness (QED) is 0.607. The second-order valence-electron chi connectivity index (χ2n) is 9.04.